The van der Waals surface area contributed by atoms with E-state index in [1.54, 1.807) is 4.90 Å². The number of para-hydroxylation sites is 1. The molecule has 138 valence electrons. The minimum absolute atomic E-state index is 0.0847. The summed E-state index contributed by atoms with van der Waals surface area (Å²) in [6.45, 7) is -0.165. The van der Waals surface area contributed by atoms with Crippen molar-refractivity contribution in [2.45, 2.75) is 25.3 Å². The molecule has 1 heterocycles. The Bertz CT molecular complexity index is 877. The molecule has 4 amide bonds. The molecule has 0 aromatic heterocycles. The maximum atomic E-state index is 12.5. The third kappa shape index (κ3) is 3.84. The number of hydrogen-bond acceptors (Lipinski definition) is 3. The van der Waals surface area contributed by atoms with Crippen molar-refractivity contribution in [3.63, 3.8) is 0 Å². The first kappa shape index (κ1) is 17.3. The van der Waals surface area contributed by atoms with Crippen LogP contribution >= 0.6 is 0 Å². The average molecular weight is 363 g/mol. The Balaban J connectivity index is 1.42. The first-order valence-electron chi connectivity index (χ1n) is 9.14. The van der Waals surface area contributed by atoms with E-state index < -0.39 is 0 Å². The molecule has 6 nitrogen and oxygen atoms in total. The molecule has 0 spiro atoms. The molecule has 0 radical (unpaired) electrons. The summed E-state index contributed by atoms with van der Waals surface area (Å²) in [7, 11) is 0. The van der Waals surface area contributed by atoms with Gasteiger partial charge in [-0.05, 0) is 36.5 Å². The van der Waals surface area contributed by atoms with Crippen LogP contribution in [0.3, 0.4) is 0 Å². The van der Waals surface area contributed by atoms with E-state index in [1.165, 1.54) is 0 Å². The fraction of sp³-hybridized carbons (Fsp3) is 0.286. The second kappa shape index (κ2) is 7.23. The van der Waals surface area contributed by atoms with Crippen LogP contribution in [0.4, 0.5) is 10.5 Å². The van der Waals surface area contributed by atoms with Gasteiger partial charge in [-0.2, -0.15) is 0 Å². The average Bonchev–Trinajstić information content (AvgIpc) is 3.47. The van der Waals surface area contributed by atoms with Gasteiger partial charge in [0, 0.05) is 11.7 Å². The van der Waals surface area contributed by atoms with Gasteiger partial charge in [-0.25, -0.2) is 4.79 Å². The highest BCUT2D eigenvalue weighted by molar-refractivity contribution is 6.06. The first-order chi connectivity index (χ1) is 13.1. The molecular formula is C21H21N3O3. The maximum Gasteiger partial charge on any atom is 0.327 e. The Labute approximate surface area is 157 Å². The molecule has 27 heavy (non-hydrogen) atoms. The molecule has 1 N–H and O–H groups in total. The molecule has 1 aliphatic carbocycles. The van der Waals surface area contributed by atoms with Gasteiger partial charge in [0.15, 0.2) is 0 Å². The summed E-state index contributed by atoms with van der Waals surface area (Å²) in [6, 6.07) is 17.4. The number of urea groups is 1. The lowest BCUT2D eigenvalue weighted by atomic mass is 10.0. The minimum atomic E-state index is -0.366. The smallest absolute Gasteiger partial charge is 0.324 e. The number of carbonyl (C=O) groups is 3. The van der Waals surface area contributed by atoms with Crippen LogP contribution in [0.2, 0.25) is 0 Å². The number of benzene rings is 2. The van der Waals surface area contributed by atoms with Crippen LogP contribution in [-0.4, -0.2) is 46.8 Å². The number of hydrogen-bond donors (Lipinski definition) is 1. The predicted molar refractivity (Wildman–Crippen MR) is 101 cm³/mol. The monoisotopic (exact) mass is 363 g/mol. The highest BCUT2D eigenvalue weighted by Crippen LogP contribution is 2.30. The van der Waals surface area contributed by atoms with Gasteiger partial charge in [-0.15, -0.1) is 0 Å². The van der Waals surface area contributed by atoms with Crippen molar-refractivity contribution in [3.05, 3.63) is 65.7 Å². The second-order valence-electron chi connectivity index (χ2n) is 6.99. The van der Waals surface area contributed by atoms with Crippen molar-refractivity contribution in [2.75, 3.05) is 18.4 Å². The summed E-state index contributed by atoms with van der Waals surface area (Å²) in [5.41, 5.74) is 2.82. The van der Waals surface area contributed by atoms with Crippen molar-refractivity contribution in [1.82, 2.24) is 9.80 Å². The summed E-state index contributed by atoms with van der Waals surface area (Å²) < 4.78 is 0. The fourth-order valence-electron chi connectivity index (χ4n) is 3.33. The van der Waals surface area contributed by atoms with Crippen LogP contribution in [0, 0.1) is 0 Å². The van der Waals surface area contributed by atoms with E-state index in [0.29, 0.717) is 12.1 Å². The van der Waals surface area contributed by atoms with Crippen molar-refractivity contribution >= 4 is 23.5 Å². The molecule has 6 heteroatoms. The second-order valence-corrected chi connectivity index (χ2v) is 6.99. The molecule has 0 unspecified atom stereocenters. The Hall–Kier alpha value is -3.15. The lowest BCUT2D eigenvalue weighted by Gasteiger charge is -2.17. The standard InChI is InChI=1S/C21H21N3O3/c25-19(13-24-20(26)14-23(21(24)27)17-10-11-17)22-18-9-5-4-8-16(18)12-15-6-2-1-3-7-15/h1-9,17H,10-14H2,(H,22,25). The highest BCUT2D eigenvalue weighted by atomic mass is 16.2. The van der Waals surface area contributed by atoms with Crippen LogP contribution in [-0.2, 0) is 16.0 Å². The number of amides is 4. The number of nitrogens with zero attached hydrogens (tertiary/aromatic N) is 2. The molecule has 0 bridgehead atoms. The van der Waals surface area contributed by atoms with E-state index in [-0.39, 0.29) is 37.0 Å². The van der Waals surface area contributed by atoms with Crippen molar-refractivity contribution < 1.29 is 14.4 Å². The van der Waals surface area contributed by atoms with Crippen LogP contribution in [0.25, 0.3) is 0 Å². The molecule has 2 aromatic rings. The zero-order valence-electron chi connectivity index (χ0n) is 14.9. The van der Waals surface area contributed by atoms with Gasteiger partial charge in [0.2, 0.25) is 5.91 Å². The van der Waals surface area contributed by atoms with E-state index in [9.17, 15) is 14.4 Å². The van der Waals surface area contributed by atoms with Crippen molar-refractivity contribution in [1.29, 1.82) is 0 Å². The lowest BCUT2D eigenvalue weighted by molar-refractivity contribution is -0.129. The Morgan fingerprint density at radius 1 is 1.00 bits per heavy atom. The number of carbonyl (C=O) groups excluding carboxylic acids is 3. The molecule has 0 atom stereocenters. The molecule has 2 fully saturated rings. The van der Waals surface area contributed by atoms with E-state index in [2.05, 4.69) is 5.32 Å². The SMILES string of the molecule is O=C(CN1C(=O)CN(C2CC2)C1=O)Nc1ccccc1Cc1ccccc1. The predicted octanol–water partition coefficient (Wildman–Crippen LogP) is 2.64. The van der Waals surface area contributed by atoms with Gasteiger partial charge in [0.1, 0.15) is 13.1 Å². The van der Waals surface area contributed by atoms with Gasteiger partial charge in [-0.1, -0.05) is 48.5 Å². The van der Waals surface area contributed by atoms with Crippen molar-refractivity contribution in [2.24, 2.45) is 0 Å². The highest BCUT2D eigenvalue weighted by Gasteiger charge is 2.44. The van der Waals surface area contributed by atoms with E-state index in [4.69, 9.17) is 0 Å². The summed E-state index contributed by atoms with van der Waals surface area (Å²) in [6.07, 6.45) is 2.56. The van der Waals surface area contributed by atoms with E-state index in [0.717, 1.165) is 28.9 Å². The molecule has 1 aliphatic heterocycles. The normalized spacial score (nSPS) is 16.7. The Kier molecular flexibility index (Phi) is 4.62. The van der Waals surface area contributed by atoms with Gasteiger partial charge < -0.3 is 10.2 Å². The molecule has 4 rings (SSSR count). The summed E-state index contributed by atoms with van der Waals surface area (Å²) >= 11 is 0. The fourth-order valence-corrected chi connectivity index (χ4v) is 3.33. The third-order valence-electron chi connectivity index (χ3n) is 4.90. The van der Waals surface area contributed by atoms with Crippen molar-refractivity contribution in [3.8, 4) is 0 Å². The van der Waals surface area contributed by atoms with Gasteiger partial charge >= 0.3 is 6.03 Å². The quantitative estimate of drug-likeness (QED) is 0.802. The van der Waals surface area contributed by atoms with Gasteiger partial charge in [-0.3, -0.25) is 14.5 Å². The van der Waals surface area contributed by atoms with E-state index >= 15 is 0 Å². The summed E-state index contributed by atoms with van der Waals surface area (Å²) in [5.74, 6) is -0.672. The van der Waals surface area contributed by atoms with Gasteiger partial charge in [0.25, 0.3) is 5.91 Å². The zero-order valence-corrected chi connectivity index (χ0v) is 14.9. The Morgan fingerprint density at radius 2 is 1.70 bits per heavy atom. The van der Waals surface area contributed by atoms with Crippen LogP contribution in [0.5, 0.6) is 0 Å². The van der Waals surface area contributed by atoms with Gasteiger partial charge in [0.05, 0.1) is 0 Å². The number of anilines is 1. The van der Waals surface area contributed by atoms with Crippen LogP contribution in [0.15, 0.2) is 54.6 Å². The minimum Gasteiger partial charge on any atom is -0.324 e. The largest absolute Gasteiger partial charge is 0.327 e. The number of imide groups is 1. The van der Waals surface area contributed by atoms with Crippen LogP contribution < -0.4 is 5.32 Å². The molecular weight excluding hydrogens is 342 g/mol. The summed E-state index contributed by atoms with van der Waals surface area (Å²) in [4.78, 5) is 39.5. The maximum absolute atomic E-state index is 12.5. The van der Waals surface area contributed by atoms with E-state index in [1.807, 2.05) is 54.6 Å². The molecule has 2 aromatic carbocycles. The first-order valence-corrected chi connectivity index (χ1v) is 9.14. The molecule has 2 aliphatic rings. The lowest BCUT2D eigenvalue weighted by Crippen LogP contribution is -2.39. The zero-order chi connectivity index (χ0) is 18.8. The Morgan fingerprint density at radius 3 is 2.44 bits per heavy atom. The molecule has 1 saturated carbocycles. The van der Waals surface area contributed by atoms with Crippen LogP contribution in [0.1, 0.15) is 24.0 Å². The molecule has 1 saturated heterocycles. The third-order valence-corrected chi connectivity index (χ3v) is 4.90. The number of nitrogens with one attached hydrogen (secondary N) is 1. The summed E-state index contributed by atoms with van der Waals surface area (Å²) in [5, 5.41) is 2.85. The topological polar surface area (TPSA) is 69.7 Å². The number of rotatable bonds is 6.